The number of nitrogens with zero attached hydrogens (tertiary/aromatic N) is 3. The van der Waals surface area contributed by atoms with Gasteiger partial charge in [-0.25, -0.2) is 4.39 Å². The Balaban J connectivity index is 0.763. The number of phenols is 1. The molecule has 3 saturated heterocycles. The number of fused-ring (bicyclic) bond motifs is 5. The number of benzene rings is 4. The van der Waals surface area contributed by atoms with Gasteiger partial charge < -0.3 is 29.3 Å². The van der Waals surface area contributed by atoms with E-state index in [2.05, 4.69) is 45.4 Å². The van der Waals surface area contributed by atoms with Crippen LogP contribution in [-0.4, -0.2) is 85.1 Å². The SMILES string of the molecule is COc1cc(N2CCC(CCN3CCC4(CC3)COc3c4ccc4c3CN([C@H]3CCC(=O)NC3=O)C4=O)CC2)c(F)cc1[C@@H]1c2ccc(O)cc2CC[C@@H]1c1ccccc1. The molecule has 4 aromatic carbocycles. The van der Waals surface area contributed by atoms with Crippen LogP contribution in [0.5, 0.6) is 17.2 Å². The molecule has 3 atom stereocenters. The van der Waals surface area contributed by atoms with Gasteiger partial charge in [0.2, 0.25) is 11.8 Å². The Morgan fingerprint density at radius 3 is 2.47 bits per heavy atom. The Bertz CT molecular complexity index is 2340. The normalized spacial score (nSPS) is 23.9. The van der Waals surface area contributed by atoms with Gasteiger partial charge in [-0.05, 0) is 124 Å². The van der Waals surface area contributed by atoms with E-state index in [4.69, 9.17) is 9.47 Å². The summed E-state index contributed by atoms with van der Waals surface area (Å²) in [4.78, 5) is 44.1. The molecule has 1 aliphatic carbocycles. The highest BCUT2D eigenvalue weighted by Crippen LogP contribution is 2.52. The van der Waals surface area contributed by atoms with Gasteiger partial charge in [-0.15, -0.1) is 0 Å². The van der Waals surface area contributed by atoms with Crippen molar-refractivity contribution in [1.82, 2.24) is 15.1 Å². The van der Waals surface area contributed by atoms with Gasteiger partial charge in [0, 0.05) is 59.2 Å². The van der Waals surface area contributed by atoms with E-state index in [0.29, 0.717) is 42.5 Å². The molecule has 0 unspecified atom stereocenters. The molecule has 5 aliphatic heterocycles. The number of aromatic hydroxyl groups is 1. The first-order valence-electron chi connectivity index (χ1n) is 21.8. The van der Waals surface area contributed by atoms with Gasteiger partial charge in [-0.2, -0.15) is 0 Å². The van der Waals surface area contributed by atoms with Crippen molar-refractivity contribution >= 4 is 23.4 Å². The third-order valence-electron chi connectivity index (χ3n) is 14.8. The number of aryl methyl sites for hydroxylation is 1. The molecule has 10 rings (SSSR count). The first-order valence-corrected chi connectivity index (χ1v) is 21.8. The van der Waals surface area contributed by atoms with Crippen molar-refractivity contribution in [2.45, 2.75) is 87.6 Å². The molecule has 2 N–H and O–H groups in total. The lowest BCUT2D eigenvalue weighted by Gasteiger charge is -2.40. The van der Waals surface area contributed by atoms with Crippen molar-refractivity contribution < 1.29 is 33.4 Å². The van der Waals surface area contributed by atoms with Crippen molar-refractivity contribution in [3.8, 4) is 17.2 Å². The number of halogens is 1. The highest BCUT2D eigenvalue weighted by atomic mass is 19.1. The van der Waals surface area contributed by atoms with Crippen LogP contribution in [0.1, 0.15) is 107 Å². The van der Waals surface area contributed by atoms with Crippen LogP contribution in [0, 0.1) is 11.7 Å². The number of amides is 3. The van der Waals surface area contributed by atoms with Gasteiger partial charge in [0.1, 0.15) is 29.1 Å². The molecule has 3 amide bonds. The van der Waals surface area contributed by atoms with Gasteiger partial charge >= 0.3 is 0 Å². The number of piperidine rings is 3. The van der Waals surface area contributed by atoms with E-state index in [9.17, 15) is 19.5 Å². The van der Waals surface area contributed by atoms with E-state index in [1.165, 1.54) is 11.1 Å². The molecule has 0 saturated carbocycles. The molecule has 6 aliphatic rings. The number of rotatable bonds is 8. The van der Waals surface area contributed by atoms with Crippen molar-refractivity contribution in [1.29, 1.82) is 0 Å². The number of hydrogen-bond donors (Lipinski definition) is 2. The number of carbonyl (C=O) groups excluding carboxylic acids is 3. The number of phenolic OH excluding ortho intramolecular Hbond substituents is 1. The molecule has 4 aromatic rings. The molecule has 3 fully saturated rings. The Labute approximate surface area is 350 Å². The highest BCUT2D eigenvalue weighted by molar-refractivity contribution is 6.05. The second-order valence-electron chi connectivity index (χ2n) is 18.0. The number of carbonyl (C=O) groups is 3. The Hall–Kier alpha value is -5.42. The van der Waals surface area contributed by atoms with Gasteiger partial charge in [-0.3, -0.25) is 19.7 Å². The average Bonchev–Trinajstić information content (AvgIpc) is 3.80. The molecule has 0 radical (unpaired) electrons. The minimum atomic E-state index is -0.641. The van der Waals surface area contributed by atoms with E-state index >= 15 is 4.39 Å². The minimum Gasteiger partial charge on any atom is -0.508 e. The van der Waals surface area contributed by atoms with E-state index in [-0.39, 0.29) is 47.1 Å². The third kappa shape index (κ3) is 6.79. The second kappa shape index (κ2) is 15.6. The summed E-state index contributed by atoms with van der Waals surface area (Å²) in [5.41, 5.74) is 7.47. The third-order valence-corrected chi connectivity index (χ3v) is 14.8. The summed E-state index contributed by atoms with van der Waals surface area (Å²) in [6, 6.07) is 23.0. The highest BCUT2D eigenvalue weighted by Gasteiger charge is 2.48. The van der Waals surface area contributed by atoms with Crippen LogP contribution in [-0.2, 0) is 28.0 Å². The molecule has 10 nitrogen and oxygen atoms in total. The van der Waals surface area contributed by atoms with E-state index < -0.39 is 11.9 Å². The minimum absolute atomic E-state index is 0.0796. The molecule has 5 heterocycles. The molecule has 312 valence electrons. The zero-order valence-corrected chi connectivity index (χ0v) is 34.3. The van der Waals surface area contributed by atoms with Gasteiger partial charge in [-0.1, -0.05) is 42.5 Å². The molecule has 1 spiro atoms. The van der Waals surface area contributed by atoms with Crippen LogP contribution in [0.25, 0.3) is 0 Å². The van der Waals surface area contributed by atoms with E-state index in [0.717, 1.165) is 106 Å². The first-order chi connectivity index (χ1) is 29.2. The predicted molar refractivity (Wildman–Crippen MR) is 225 cm³/mol. The van der Waals surface area contributed by atoms with Crippen LogP contribution in [0.4, 0.5) is 10.1 Å². The van der Waals surface area contributed by atoms with Crippen LogP contribution in [0.3, 0.4) is 0 Å². The van der Waals surface area contributed by atoms with Gasteiger partial charge in [0.15, 0.2) is 0 Å². The number of likely N-dealkylation sites (tertiary alicyclic amines) is 1. The van der Waals surface area contributed by atoms with Gasteiger partial charge in [0.05, 0.1) is 25.9 Å². The summed E-state index contributed by atoms with van der Waals surface area (Å²) in [5.74, 6) is 1.31. The molecular weight excluding hydrogens is 760 g/mol. The summed E-state index contributed by atoms with van der Waals surface area (Å²) >= 11 is 0. The monoisotopic (exact) mass is 812 g/mol. The first kappa shape index (κ1) is 38.8. The summed E-state index contributed by atoms with van der Waals surface area (Å²) < 4.78 is 28.8. The lowest BCUT2D eigenvalue weighted by Crippen LogP contribution is -2.52. The smallest absolute Gasteiger partial charge is 0.255 e. The Morgan fingerprint density at radius 2 is 1.70 bits per heavy atom. The maximum absolute atomic E-state index is 16.4. The molecule has 60 heavy (non-hydrogen) atoms. The quantitative estimate of drug-likeness (QED) is 0.180. The summed E-state index contributed by atoms with van der Waals surface area (Å²) in [6.45, 7) is 5.53. The Kier molecular flexibility index (Phi) is 10.1. The van der Waals surface area contributed by atoms with Crippen molar-refractivity contribution in [2.24, 2.45) is 5.92 Å². The standard InChI is InChI=1S/C49H53FN4O6/c1-59-43-27-42(40(50)26-37(43)45-34(31-5-3-2-4-6-31)9-7-32-25-33(55)8-10-35(32)45)53-21-16-30(17-22-53)15-20-52-23-18-49(19-24-52)29-60-46-38-28-54(41-13-14-44(56)51-47(41)57)48(58)36(38)11-12-39(46)49/h2-6,8,10-12,25-27,30,34,41,45,55H,7,9,13-24,28-29H2,1H3,(H,51,56,57)/t34-,41+,45+/m1/s1. The van der Waals surface area contributed by atoms with Crippen molar-refractivity contribution in [3.05, 3.63) is 118 Å². The van der Waals surface area contributed by atoms with Crippen molar-refractivity contribution in [3.63, 3.8) is 0 Å². The van der Waals surface area contributed by atoms with E-state index in [1.807, 2.05) is 30.3 Å². The Morgan fingerprint density at radius 1 is 0.900 bits per heavy atom. The number of ether oxygens (including phenoxy) is 2. The van der Waals surface area contributed by atoms with Crippen LogP contribution >= 0.6 is 0 Å². The summed E-state index contributed by atoms with van der Waals surface area (Å²) in [5, 5.41) is 12.7. The maximum atomic E-state index is 16.4. The average molecular weight is 813 g/mol. The second-order valence-corrected chi connectivity index (χ2v) is 18.0. The largest absolute Gasteiger partial charge is 0.508 e. The van der Waals surface area contributed by atoms with Crippen LogP contribution < -0.4 is 19.7 Å². The van der Waals surface area contributed by atoms with Crippen molar-refractivity contribution in [2.75, 3.05) is 51.3 Å². The zero-order valence-electron chi connectivity index (χ0n) is 34.3. The number of nitrogens with one attached hydrogen (secondary N) is 1. The van der Waals surface area contributed by atoms with Crippen LogP contribution in [0.2, 0.25) is 0 Å². The lowest BCUT2D eigenvalue weighted by atomic mass is 9.69. The lowest BCUT2D eigenvalue weighted by molar-refractivity contribution is -0.136. The van der Waals surface area contributed by atoms with E-state index in [1.54, 1.807) is 24.1 Å². The van der Waals surface area contributed by atoms with Crippen LogP contribution in [0.15, 0.2) is 72.8 Å². The summed E-state index contributed by atoms with van der Waals surface area (Å²) in [6.07, 6.45) is 7.43. The predicted octanol–water partition coefficient (Wildman–Crippen LogP) is 7.20. The fourth-order valence-electron chi connectivity index (χ4n) is 11.4. The summed E-state index contributed by atoms with van der Waals surface area (Å²) in [7, 11) is 1.68. The maximum Gasteiger partial charge on any atom is 0.255 e. The molecule has 11 heteroatoms. The zero-order chi connectivity index (χ0) is 41.1. The molecular formula is C49H53FN4O6. The fraction of sp³-hybridized carbons (Fsp3) is 0.449. The number of anilines is 1. The topological polar surface area (TPSA) is 112 Å². The molecule has 0 aromatic heterocycles. The molecule has 0 bridgehead atoms. The number of imide groups is 1. The number of hydrogen-bond acceptors (Lipinski definition) is 8. The fourth-order valence-corrected chi connectivity index (χ4v) is 11.4. The number of methoxy groups -OCH3 is 1. The van der Waals surface area contributed by atoms with Gasteiger partial charge in [0.25, 0.3) is 5.91 Å².